The van der Waals surface area contributed by atoms with Crippen LogP contribution in [0.3, 0.4) is 0 Å². The van der Waals surface area contributed by atoms with E-state index in [1.807, 2.05) is 30.3 Å². The lowest BCUT2D eigenvalue weighted by Gasteiger charge is -2.58. The Balaban J connectivity index is 4.57. The molecule has 0 aromatic heterocycles. The summed E-state index contributed by atoms with van der Waals surface area (Å²) in [5.41, 5.74) is 0.831. The molecule has 1 aromatic carbocycles. The normalized spacial score (nSPS) is 14.6. The van der Waals surface area contributed by atoms with E-state index in [9.17, 15) is 4.79 Å². The van der Waals surface area contributed by atoms with E-state index in [-0.39, 0.29) is 34.2 Å². The fourth-order valence-corrected chi connectivity index (χ4v) is 13.6. The van der Waals surface area contributed by atoms with Gasteiger partial charge < -0.3 is 9.47 Å². The third-order valence-electron chi connectivity index (χ3n) is 19.1. The lowest BCUT2D eigenvalue weighted by atomic mass is 9.46. The molecule has 1 aromatic rings. The summed E-state index contributed by atoms with van der Waals surface area (Å²) in [4.78, 5) is 15.0. The summed E-state index contributed by atoms with van der Waals surface area (Å²) in [5.74, 6) is 0.796. The first-order valence-corrected chi connectivity index (χ1v) is 26.8. The van der Waals surface area contributed by atoms with Gasteiger partial charge in [-0.1, -0.05) is 225 Å². The molecule has 0 heterocycles. The molecule has 0 radical (unpaired) electrons. The molecular weight excluding hydrogens is 745 g/mol. The number of rotatable bonds is 36. The van der Waals surface area contributed by atoms with Crippen molar-refractivity contribution in [3.63, 3.8) is 0 Å². The van der Waals surface area contributed by atoms with Crippen LogP contribution < -0.4 is 4.74 Å². The van der Waals surface area contributed by atoms with Crippen LogP contribution in [0.4, 0.5) is 0 Å². The van der Waals surface area contributed by atoms with Crippen LogP contribution in [0.2, 0.25) is 0 Å². The summed E-state index contributed by atoms with van der Waals surface area (Å²) in [6.45, 7) is 42.6. The van der Waals surface area contributed by atoms with Crippen LogP contribution in [-0.4, -0.2) is 19.2 Å². The van der Waals surface area contributed by atoms with Gasteiger partial charge in [-0.3, -0.25) is 4.79 Å². The fourth-order valence-electron chi connectivity index (χ4n) is 13.6. The minimum atomic E-state index is -0.606. The van der Waals surface area contributed by atoms with Gasteiger partial charge in [0.2, 0.25) is 0 Å². The van der Waals surface area contributed by atoms with E-state index in [4.69, 9.17) is 9.47 Å². The predicted molar refractivity (Wildman–Crippen MR) is 270 cm³/mol. The summed E-state index contributed by atoms with van der Waals surface area (Å²) in [5, 5.41) is 0. The summed E-state index contributed by atoms with van der Waals surface area (Å²) in [6, 6.07) is 9.93. The summed E-state index contributed by atoms with van der Waals surface area (Å²) < 4.78 is 12.4. The van der Waals surface area contributed by atoms with E-state index in [0.717, 1.165) is 18.6 Å². The molecule has 1 unspecified atom stereocenters. The van der Waals surface area contributed by atoms with E-state index in [1.54, 1.807) is 0 Å². The molecule has 0 saturated heterocycles. The zero-order valence-corrected chi connectivity index (χ0v) is 44.5. The van der Waals surface area contributed by atoms with E-state index in [2.05, 4.69) is 118 Å². The van der Waals surface area contributed by atoms with Gasteiger partial charge in [-0.05, 0) is 115 Å². The Morgan fingerprint density at radius 3 is 1.02 bits per heavy atom. The maximum Gasteiger partial charge on any atom is 0.311 e. The Morgan fingerprint density at radius 1 is 0.393 bits per heavy atom. The molecule has 0 amide bonds. The van der Waals surface area contributed by atoms with Crippen molar-refractivity contribution >= 4 is 5.97 Å². The lowest BCUT2D eigenvalue weighted by molar-refractivity contribution is -0.161. The Morgan fingerprint density at radius 2 is 0.705 bits per heavy atom. The Bertz CT molecular complexity index is 1210. The quantitative estimate of drug-likeness (QED) is 0.0498. The molecule has 0 aliphatic rings. The predicted octanol–water partition coefficient (Wildman–Crippen LogP) is 19.2. The molecule has 1 rings (SSSR count). The molecule has 3 nitrogen and oxygen atoms in total. The van der Waals surface area contributed by atoms with E-state index >= 15 is 0 Å². The van der Waals surface area contributed by atoms with E-state index < -0.39 is 5.41 Å². The van der Waals surface area contributed by atoms with Gasteiger partial charge in [0.25, 0.3) is 0 Å². The van der Waals surface area contributed by atoms with Crippen molar-refractivity contribution in [2.45, 2.75) is 272 Å². The first kappa shape index (κ1) is 57.5. The third kappa shape index (κ3) is 15.3. The molecule has 358 valence electrons. The number of hydrogen-bond donors (Lipinski definition) is 0. The number of esters is 1. The molecule has 61 heavy (non-hydrogen) atoms. The van der Waals surface area contributed by atoms with Gasteiger partial charge in [-0.15, -0.1) is 0 Å². The molecule has 0 N–H and O–H groups in total. The second kappa shape index (κ2) is 26.5. The van der Waals surface area contributed by atoms with E-state index in [0.29, 0.717) is 22.9 Å². The highest BCUT2D eigenvalue weighted by atomic mass is 16.6. The molecule has 0 saturated carbocycles. The molecule has 1 atom stereocenters. The standard InChI is InChI=1S/C58H108O3/c1-18-39-56(32-15,33-16)47-58(45-54(26-9,27-10)28-11,46-55(29-12,30-13)31-14)48-57(43-52(20-3,21-4)22-5,44-53(23-6,24-7)25-8)42-51(17,19-2)50(59)61-41-40-60-49-37-35-34-36-38-49/h34-38H,18-33,39-48H2,1-17H3. The van der Waals surface area contributed by atoms with Gasteiger partial charge >= 0.3 is 5.97 Å². The fraction of sp³-hybridized carbons (Fsp3) is 0.879. The van der Waals surface area contributed by atoms with Crippen molar-refractivity contribution in [1.29, 1.82) is 0 Å². The van der Waals surface area contributed by atoms with Crippen molar-refractivity contribution in [2.75, 3.05) is 13.2 Å². The largest absolute Gasteiger partial charge is 0.490 e. The second-order valence-electron chi connectivity index (χ2n) is 21.6. The highest BCUT2D eigenvalue weighted by Crippen LogP contribution is 2.66. The first-order chi connectivity index (χ1) is 28.9. The second-order valence-corrected chi connectivity index (χ2v) is 21.6. The van der Waals surface area contributed by atoms with Crippen LogP contribution in [-0.2, 0) is 9.53 Å². The molecule has 0 aliphatic heterocycles. The molecule has 0 spiro atoms. The summed E-state index contributed by atoms with van der Waals surface area (Å²) >= 11 is 0. The van der Waals surface area contributed by atoms with Gasteiger partial charge in [0.05, 0.1) is 5.41 Å². The van der Waals surface area contributed by atoms with Crippen molar-refractivity contribution < 1.29 is 14.3 Å². The topological polar surface area (TPSA) is 35.5 Å². The zero-order valence-electron chi connectivity index (χ0n) is 44.5. The maximum atomic E-state index is 15.0. The van der Waals surface area contributed by atoms with Crippen LogP contribution in [0.1, 0.15) is 272 Å². The Hall–Kier alpha value is -1.51. The SMILES string of the molecule is CCCC(CC)(CC)CC(CC(CC)(CC)CC)(CC(CC)(CC)CC)CC(CC(CC)(CC)CC)(CC(CC)(CC)CC)CC(C)(CC)C(=O)OCCOc1ccccc1. The number of hydrogen-bond acceptors (Lipinski definition) is 3. The average Bonchev–Trinajstić information content (AvgIpc) is 3.30. The van der Waals surface area contributed by atoms with Crippen LogP contribution in [0, 0.1) is 43.3 Å². The minimum Gasteiger partial charge on any atom is -0.490 e. The smallest absolute Gasteiger partial charge is 0.311 e. The average molecular weight is 853 g/mol. The van der Waals surface area contributed by atoms with Gasteiger partial charge in [-0.25, -0.2) is 0 Å². The molecule has 0 aliphatic carbocycles. The summed E-state index contributed by atoms with van der Waals surface area (Å²) in [7, 11) is 0. The van der Waals surface area contributed by atoms with Crippen molar-refractivity contribution in [3.05, 3.63) is 30.3 Å². The van der Waals surface area contributed by atoms with Crippen molar-refractivity contribution in [1.82, 2.24) is 0 Å². The van der Waals surface area contributed by atoms with Gasteiger partial charge in [0.1, 0.15) is 19.0 Å². The molecular formula is C58H108O3. The molecule has 3 heteroatoms. The maximum absolute atomic E-state index is 15.0. The van der Waals surface area contributed by atoms with Crippen LogP contribution in [0.5, 0.6) is 5.75 Å². The van der Waals surface area contributed by atoms with Crippen LogP contribution in [0.15, 0.2) is 30.3 Å². The first-order valence-electron chi connectivity index (χ1n) is 26.8. The number of carbonyl (C=O) groups is 1. The van der Waals surface area contributed by atoms with Crippen LogP contribution in [0.25, 0.3) is 0 Å². The third-order valence-corrected chi connectivity index (χ3v) is 19.1. The number of carbonyl (C=O) groups excluding carboxylic acids is 1. The number of ether oxygens (including phenoxy) is 2. The number of benzene rings is 1. The van der Waals surface area contributed by atoms with Crippen LogP contribution >= 0.6 is 0 Å². The van der Waals surface area contributed by atoms with Gasteiger partial charge in [0, 0.05) is 0 Å². The van der Waals surface area contributed by atoms with Crippen molar-refractivity contribution in [2.24, 2.45) is 43.3 Å². The number of para-hydroxylation sites is 1. The molecule has 0 fully saturated rings. The summed E-state index contributed by atoms with van der Waals surface area (Å²) in [6.07, 6.45) is 28.8. The lowest BCUT2D eigenvalue weighted by Crippen LogP contribution is -2.49. The zero-order chi connectivity index (χ0) is 46.5. The van der Waals surface area contributed by atoms with Crippen molar-refractivity contribution in [3.8, 4) is 5.75 Å². The van der Waals surface area contributed by atoms with Gasteiger partial charge in [-0.2, -0.15) is 0 Å². The minimum absolute atomic E-state index is 0.0238. The highest BCUT2D eigenvalue weighted by molar-refractivity contribution is 5.76. The highest BCUT2D eigenvalue weighted by Gasteiger charge is 2.56. The van der Waals surface area contributed by atoms with Gasteiger partial charge in [0.15, 0.2) is 0 Å². The Labute approximate surface area is 383 Å². The monoisotopic (exact) mass is 853 g/mol. The molecule has 0 bridgehead atoms. The Kier molecular flexibility index (Phi) is 24.9. The van der Waals surface area contributed by atoms with E-state index in [1.165, 1.54) is 141 Å².